The lowest BCUT2D eigenvalue weighted by Gasteiger charge is -2.45. The molecule has 1 saturated heterocycles. The van der Waals surface area contributed by atoms with Crippen molar-refractivity contribution in [3.63, 3.8) is 0 Å². The van der Waals surface area contributed by atoms with Crippen LogP contribution in [0.5, 0.6) is 23.0 Å². The van der Waals surface area contributed by atoms with E-state index in [9.17, 15) is 35.1 Å². The zero-order chi connectivity index (χ0) is 23.2. The van der Waals surface area contributed by atoms with E-state index in [0.717, 1.165) is 6.07 Å². The molecule has 170 valence electrons. The molecule has 5 atom stereocenters. The number of aliphatic hydroxyl groups excluding tert-OH is 2. The fraction of sp³-hybridized carbons (Fsp3) is 0.333. The Kier molecular flexibility index (Phi) is 5.55. The number of benzene rings is 2. The van der Waals surface area contributed by atoms with Gasteiger partial charge in [-0.1, -0.05) is 0 Å². The largest absolute Gasteiger partial charge is 0.508 e. The lowest BCUT2D eigenvalue weighted by atomic mass is 9.86. The van der Waals surface area contributed by atoms with Crippen molar-refractivity contribution in [3.8, 4) is 23.0 Å². The van der Waals surface area contributed by atoms with Crippen LogP contribution in [0.1, 0.15) is 32.4 Å². The van der Waals surface area contributed by atoms with Crippen molar-refractivity contribution in [2.24, 2.45) is 0 Å². The number of esters is 2. The zero-order valence-corrected chi connectivity index (χ0v) is 16.7. The molecule has 0 amide bonds. The lowest BCUT2D eigenvalue weighted by molar-refractivity contribution is -0.235. The molecule has 1 fully saturated rings. The number of aromatic hydroxyl groups is 3. The molecular formula is C21H20O11. The van der Waals surface area contributed by atoms with Gasteiger partial charge < -0.3 is 44.5 Å². The molecule has 11 nitrogen and oxygen atoms in total. The minimum atomic E-state index is -1.62. The van der Waals surface area contributed by atoms with Gasteiger partial charge >= 0.3 is 11.9 Å². The van der Waals surface area contributed by atoms with Gasteiger partial charge in [0.15, 0.2) is 23.7 Å². The Labute approximate surface area is 181 Å². The number of methoxy groups -OCH3 is 1. The van der Waals surface area contributed by atoms with E-state index >= 15 is 0 Å². The van der Waals surface area contributed by atoms with E-state index in [4.69, 9.17) is 18.9 Å². The van der Waals surface area contributed by atoms with Crippen molar-refractivity contribution in [3.05, 3.63) is 47.0 Å². The summed E-state index contributed by atoms with van der Waals surface area (Å²) in [5.41, 5.74) is -0.232. The zero-order valence-electron chi connectivity index (χ0n) is 16.7. The Morgan fingerprint density at radius 3 is 2.47 bits per heavy atom. The summed E-state index contributed by atoms with van der Waals surface area (Å²) in [4.78, 5) is 25.0. The summed E-state index contributed by atoms with van der Waals surface area (Å²) < 4.78 is 21.3. The van der Waals surface area contributed by atoms with Crippen LogP contribution in [0.25, 0.3) is 0 Å². The van der Waals surface area contributed by atoms with Crippen molar-refractivity contribution in [1.82, 2.24) is 0 Å². The van der Waals surface area contributed by atoms with Crippen molar-refractivity contribution >= 4 is 11.9 Å². The number of aliphatic hydroxyl groups is 2. The number of phenols is 3. The Morgan fingerprint density at radius 2 is 1.84 bits per heavy atom. The molecule has 2 heterocycles. The Hall–Kier alpha value is -3.54. The number of hydrogen-bond acceptors (Lipinski definition) is 11. The van der Waals surface area contributed by atoms with Crippen molar-refractivity contribution in [2.75, 3.05) is 13.7 Å². The average molecular weight is 448 g/mol. The van der Waals surface area contributed by atoms with Crippen LogP contribution in [0, 0.1) is 0 Å². The Morgan fingerprint density at radius 1 is 1.16 bits per heavy atom. The summed E-state index contributed by atoms with van der Waals surface area (Å²) in [5.74, 6) is -3.29. The van der Waals surface area contributed by atoms with E-state index in [-0.39, 0.29) is 28.2 Å². The highest BCUT2D eigenvalue weighted by Gasteiger charge is 2.54. The number of carbonyl (C=O) groups excluding carboxylic acids is 2. The van der Waals surface area contributed by atoms with Crippen LogP contribution in [0.2, 0.25) is 0 Å². The van der Waals surface area contributed by atoms with Gasteiger partial charge in [0.05, 0.1) is 24.8 Å². The molecule has 0 aliphatic carbocycles. The Bertz CT molecular complexity index is 1050. The highest BCUT2D eigenvalue weighted by atomic mass is 16.6. The van der Waals surface area contributed by atoms with Crippen molar-refractivity contribution in [2.45, 2.75) is 30.5 Å². The molecule has 11 heteroatoms. The van der Waals surface area contributed by atoms with Gasteiger partial charge in [-0.25, -0.2) is 9.59 Å². The lowest BCUT2D eigenvalue weighted by Crippen LogP contribution is -2.59. The van der Waals surface area contributed by atoms with Crippen LogP contribution in [-0.4, -0.2) is 75.6 Å². The SMILES string of the molecule is COc1c(O)cc2c(c1O)[C@@H]1O[C@H](CO)[C@@H](OC(=O)c3ccc(O)cc3)[C@H](O)[C@H]1OC2=O. The van der Waals surface area contributed by atoms with Crippen LogP contribution < -0.4 is 4.74 Å². The van der Waals surface area contributed by atoms with Crippen LogP contribution in [0.4, 0.5) is 0 Å². The normalized spacial score (nSPS) is 26.5. The summed E-state index contributed by atoms with van der Waals surface area (Å²) in [6.07, 6.45) is -6.92. The topological polar surface area (TPSA) is 172 Å². The first-order chi connectivity index (χ1) is 15.3. The number of rotatable bonds is 4. The maximum Gasteiger partial charge on any atom is 0.339 e. The first-order valence-electron chi connectivity index (χ1n) is 9.55. The van der Waals surface area contributed by atoms with Gasteiger partial charge in [-0.05, 0) is 30.3 Å². The van der Waals surface area contributed by atoms with Crippen LogP contribution in [0.3, 0.4) is 0 Å². The first-order valence-corrected chi connectivity index (χ1v) is 9.55. The number of hydrogen-bond donors (Lipinski definition) is 5. The van der Waals surface area contributed by atoms with Crippen molar-refractivity contribution < 1.29 is 54.1 Å². The maximum atomic E-state index is 12.5. The van der Waals surface area contributed by atoms with Gasteiger partial charge in [-0.2, -0.15) is 0 Å². The van der Waals surface area contributed by atoms with E-state index in [2.05, 4.69) is 0 Å². The smallest absolute Gasteiger partial charge is 0.339 e. The Balaban J connectivity index is 1.67. The number of fused-ring (bicyclic) bond motifs is 3. The van der Waals surface area contributed by atoms with Crippen LogP contribution >= 0.6 is 0 Å². The molecule has 0 radical (unpaired) electrons. The van der Waals surface area contributed by atoms with Crippen LogP contribution in [0.15, 0.2) is 30.3 Å². The predicted molar refractivity (Wildman–Crippen MR) is 104 cm³/mol. The van der Waals surface area contributed by atoms with E-state index in [1.807, 2.05) is 0 Å². The van der Waals surface area contributed by atoms with E-state index < -0.39 is 60.6 Å². The number of carbonyl (C=O) groups is 2. The maximum absolute atomic E-state index is 12.5. The van der Waals surface area contributed by atoms with Gasteiger partial charge in [0.2, 0.25) is 5.75 Å². The van der Waals surface area contributed by atoms with Crippen molar-refractivity contribution in [1.29, 1.82) is 0 Å². The molecule has 0 spiro atoms. The molecule has 5 N–H and O–H groups in total. The molecule has 2 aliphatic rings. The quantitative estimate of drug-likeness (QED) is 0.409. The van der Waals surface area contributed by atoms with Gasteiger partial charge in [0, 0.05) is 5.56 Å². The molecular weight excluding hydrogens is 428 g/mol. The minimum absolute atomic E-state index is 0.0623. The molecule has 0 unspecified atom stereocenters. The second-order valence-electron chi connectivity index (χ2n) is 7.29. The van der Waals surface area contributed by atoms with E-state index in [0.29, 0.717) is 0 Å². The highest BCUT2D eigenvalue weighted by molar-refractivity contribution is 5.95. The van der Waals surface area contributed by atoms with Gasteiger partial charge in [0.25, 0.3) is 0 Å². The number of ether oxygens (including phenoxy) is 4. The molecule has 32 heavy (non-hydrogen) atoms. The first kappa shape index (κ1) is 21.7. The summed E-state index contributed by atoms with van der Waals surface area (Å²) in [6.45, 7) is -0.674. The predicted octanol–water partition coefficient (Wildman–Crippen LogP) is 0.370. The molecule has 0 aromatic heterocycles. The molecule has 2 aromatic carbocycles. The summed E-state index contributed by atoms with van der Waals surface area (Å²) >= 11 is 0. The minimum Gasteiger partial charge on any atom is -0.508 e. The third-order valence-electron chi connectivity index (χ3n) is 5.41. The molecule has 2 aliphatic heterocycles. The highest BCUT2D eigenvalue weighted by Crippen LogP contribution is 2.50. The average Bonchev–Trinajstić information content (AvgIpc) is 2.77. The fourth-order valence-corrected chi connectivity index (χ4v) is 3.87. The molecule has 0 bridgehead atoms. The third-order valence-corrected chi connectivity index (χ3v) is 5.41. The summed E-state index contributed by atoms with van der Waals surface area (Å²) in [7, 11) is 1.20. The van der Waals surface area contributed by atoms with E-state index in [1.165, 1.54) is 31.4 Å². The van der Waals surface area contributed by atoms with E-state index in [1.54, 1.807) is 0 Å². The summed E-state index contributed by atoms with van der Waals surface area (Å²) in [6, 6.07) is 6.19. The van der Waals surface area contributed by atoms with Crippen LogP contribution in [-0.2, 0) is 14.2 Å². The second kappa shape index (κ2) is 8.19. The molecule has 0 saturated carbocycles. The van der Waals surface area contributed by atoms with Gasteiger partial charge in [-0.15, -0.1) is 0 Å². The molecule has 4 rings (SSSR count). The standard InChI is InChI=1S/C21H20O11/c1-29-16-11(24)6-10-13(14(16)25)18-19(32-21(10)28)15(26)17(12(7-22)30-18)31-20(27)8-2-4-9(23)5-3-8/h2-6,12,15,17-19,22-26H,7H2,1H3/t12-,15+,17-,18+,19-/m1/s1. The number of phenolic OH excluding ortho intramolecular Hbond substituents is 3. The van der Waals surface area contributed by atoms with Gasteiger partial charge in [-0.3, -0.25) is 0 Å². The third kappa shape index (κ3) is 3.45. The summed E-state index contributed by atoms with van der Waals surface area (Å²) in [5, 5.41) is 50.6. The monoisotopic (exact) mass is 448 g/mol. The second-order valence-corrected chi connectivity index (χ2v) is 7.29. The fourth-order valence-electron chi connectivity index (χ4n) is 3.87. The molecule has 2 aromatic rings. The van der Waals surface area contributed by atoms with Gasteiger partial charge in [0.1, 0.15) is 24.1 Å².